The third-order valence-corrected chi connectivity index (χ3v) is 4.33. The van der Waals surface area contributed by atoms with Gasteiger partial charge < -0.3 is 10.1 Å². The topological polar surface area (TPSA) is 21.3 Å². The number of hydrogen-bond donors (Lipinski definition) is 1. The van der Waals surface area contributed by atoms with Gasteiger partial charge in [0.15, 0.2) is 0 Å². The van der Waals surface area contributed by atoms with E-state index >= 15 is 0 Å². The second kappa shape index (κ2) is 9.22. The average molecular weight is 289 g/mol. The summed E-state index contributed by atoms with van der Waals surface area (Å²) in [5.74, 6) is 0. The molecule has 2 nitrogen and oxygen atoms in total. The predicted octanol–water partition coefficient (Wildman–Crippen LogP) is 4.64. The van der Waals surface area contributed by atoms with Gasteiger partial charge in [0.1, 0.15) is 0 Å². The van der Waals surface area contributed by atoms with E-state index in [9.17, 15) is 0 Å². The minimum absolute atomic E-state index is 0.478. The van der Waals surface area contributed by atoms with Crippen LogP contribution >= 0.6 is 0 Å². The number of hydrogen-bond acceptors (Lipinski definition) is 2. The van der Waals surface area contributed by atoms with Crippen LogP contribution in [0.2, 0.25) is 0 Å². The van der Waals surface area contributed by atoms with Gasteiger partial charge in [0.25, 0.3) is 0 Å². The molecule has 1 N–H and O–H groups in total. The van der Waals surface area contributed by atoms with Gasteiger partial charge in [-0.05, 0) is 56.2 Å². The van der Waals surface area contributed by atoms with E-state index < -0.39 is 0 Å². The highest BCUT2D eigenvalue weighted by Crippen LogP contribution is 2.25. The monoisotopic (exact) mass is 289 g/mol. The Hall–Kier alpha value is -0.860. The maximum absolute atomic E-state index is 5.78. The maximum atomic E-state index is 5.78. The lowest BCUT2D eigenvalue weighted by molar-refractivity contribution is 0.0996. The van der Waals surface area contributed by atoms with Crippen LogP contribution in [-0.2, 0) is 11.2 Å². The minimum atomic E-state index is 0.478. The first-order valence-electron chi connectivity index (χ1n) is 8.77. The lowest BCUT2D eigenvalue weighted by atomic mass is 9.96. The van der Waals surface area contributed by atoms with Gasteiger partial charge in [-0.15, -0.1) is 0 Å². The van der Waals surface area contributed by atoms with Crippen molar-refractivity contribution in [1.29, 1.82) is 0 Å². The summed E-state index contributed by atoms with van der Waals surface area (Å²) in [7, 11) is 0. The smallest absolute Gasteiger partial charge is 0.0576 e. The van der Waals surface area contributed by atoms with Gasteiger partial charge in [-0.3, -0.25) is 0 Å². The molecular weight excluding hydrogens is 258 g/mol. The Balaban J connectivity index is 1.97. The van der Waals surface area contributed by atoms with Crippen LogP contribution in [-0.4, -0.2) is 19.3 Å². The van der Waals surface area contributed by atoms with E-state index in [4.69, 9.17) is 4.74 Å². The molecule has 0 aliphatic carbocycles. The van der Waals surface area contributed by atoms with Gasteiger partial charge in [0.05, 0.1) is 6.10 Å². The molecule has 0 amide bonds. The zero-order valence-corrected chi connectivity index (χ0v) is 13.7. The van der Waals surface area contributed by atoms with Gasteiger partial charge in [-0.2, -0.15) is 0 Å². The standard InChI is InChI=1S/C19H31NO/c1-3-7-16-8-5-9-17(15-16)19(20-13-4-2)12-11-18-10-6-14-21-18/h5,8-9,15,18-20H,3-4,6-7,10-14H2,1-2H3. The SMILES string of the molecule is CCCNC(CCC1CCCO1)c1cccc(CCC)c1. The molecule has 0 radical (unpaired) electrons. The molecule has 1 aromatic carbocycles. The fourth-order valence-electron chi connectivity index (χ4n) is 3.18. The Labute approximate surface area is 130 Å². The summed E-state index contributed by atoms with van der Waals surface area (Å²) in [6.45, 7) is 6.53. The molecule has 1 saturated heterocycles. The van der Waals surface area contributed by atoms with E-state index in [1.807, 2.05) is 0 Å². The molecular formula is C19H31NO. The molecule has 2 unspecified atom stereocenters. The highest BCUT2D eigenvalue weighted by molar-refractivity contribution is 5.26. The van der Waals surface area contributed by atoms with Crippen LogP contribution in [0.25, 0.3) is 0 Å². The quantitative estimate of drug-likeness (QED) is 0.715. The molecule has 21 heavy (non-hydrogen) atoms. The number of benzene rings is 1. The molecule has 0 bridgehead atoms. The van der Waals surface area contributed by atoms with Crippen LogP contribution in [0.3, 0.4) is 0 Å². The lowest BCUT2D eigenvalue weighted by Gasteiger charge is -2.21. The van der Waals surface area contributed by atoms with Crippen molar-refractivity contribution in [3.05, 3.63) is 35.4 Å². The van der Waals surface area contributed by atoms with E-state index in [2.05, 4.69) is 43.4 Å². The highest BCUT2D eigenvalue weighted by Gasteiger charge is 2.18. The van der Waals surface area contributed by atoms with Crippen molar-refractivity contribution < 1.29 is 4.74 Å². The van der Waals surface area contributed by atoms with Crippen LogP contribution in [0.1, 0.15) is 69.5 Å². The first kappa shape index (κ1) is 16.5. The number of aryl methyl sites for hydroxylation is 1. The van der Waals surface area contributed by atoms with Crippen molar-refractivity contribution in [3.8, 4) is 0 Å². The van der Waals surface area contributed by atoms with Crippen molar-refractivity contribution in [2.24, 2.45) is 0 Å². The number of rotatable bonds is 9. The van der Waals surface area contributed by atoms with E-state index in [0.29, 0.717) is 12.1 Å². The van der Waals surface area contributed by atoms with E-state index in [0.717, 1.165) is 13.2 Å². The summed E-state index contributed by atoms with van der Waals surface area (Å²) < 4.78 is 5.78. The van der Waals surface area contributed by atoms with Gasteiger partial charge in [0.2, 0.25) is 0 Å². The molecule has 1 fully saturated rings. The molecule has 0 spiro atoms. The third kappa shape index (κ3) is 5.44. The summed E-state index contributed by atoms with van der Waals surface area (Å²) in [4.78, 5) is 0. The van der Waals surface area contributed by atoms with Crippen molar-refractivity contribution in [2.75, 3.05) is 13.2 Å². The molecule has 1 aromatic rings. The first-order chi connectivity index (χ1) is 10.3. The molecule has 2 atom stereocenters. The molecule has 2 rings (SSSR count). The molecule has 1 aliphatic rings. The Kier molecular flexibility index (Phi) is 7.25. The Morgan fingerprint density at radius 2 is 2.19 bits per heavy atom. The molecule has 1 aliphatic heterocycles. The van der Waals surface area contributed by atoms with Gasteiger partial charge in [0, 0.05) is 12.6 Å². The average Bonchev–Trinajstić information content (AvgIpc) is 3.01. The summed E-state index contributed by atoms with van der Waals surface area (Å²) in [5.41, 5.74) is 2.92. The molecule has 118 valence electrons. The molecule has 0 saturated carbocycles. The Morgan fingerprint density at radius 3 is 2.90 bits per heavy atom. The van der Waals surface area contributed by atoms with Crippen LogP contribution in [0.5, 0.6) is 0 Å². The maximum Gasteiger partial charge on any atom is 0.0576 e. The summed E-state index contributed by atoms with van der Waals surface area (Å²) in [6, 6.07) is 9.62. The normalized spacial score (nSPS) is 19.8. The van der Waals surface area contributed by atoms with Crippen molar-refractivity contribution in [2.45, 2.75) is 70.9 Å². The van der Waals surface area contributed by atoms with Crippen molar-refractivity contribution in [1.82, 2.24) is 5.32 Å². The van der Waals surface area contributed by atoms with E-state index in [1.165, 1.54) is 56.1 Å². The van der Waals surface area contributed by atoms with Crippen molar-refractivity contribution in [3.63, 3.8) is 0 Å². The molecule has 1 heterocycles. The zero-order valence-electron chi connectivity index (χ0n) is 13.7. The predicted molar refractivity (Wildman–Crippen MR) is 89.7 cm³/mol. The second-order valence-electron chi connectivity index (χ2n) is 6.21. The lowest BCUT2D eigenvalue weighted by Crippen LogP contribution is -2.23. The molecule has 0 aromatic heterocycles. The van der Waals surface area contributed by atoms with Crippen LogP contribution in [0.15, 0.2) is 24.3 Å². The summed E-state index contributed by atoms with van der Waals surface area (Å²) >= 11 is 0. The van der Waals surface area contributed by atoms with Crippen LogP contribution < -0.4 is 5.32 Å². The van der Waals surface area contributed by atoms with Crippen LogP contribution in [0.4, 0.5) is 0 Å². The fourth-order valence-corrected chi connectivity index (χ4v) is 3.18. The highest BCUT2D eigenvalue weighted by atomic mass is 16.5. The Morgan fingerprint density at radius 1 is 1.29 bits per heavy atom. The summed E-state index contributed by atoms with van der Waals surface area (Å²) in [5, 5.41) is 3.72. The zero-order chi connectivity index (χ0) is 14.9. The van der Waals surface area contributed by atoms with Gasteiger partial charge >= 0.3 is 0 Å². The minimum Gasteiger partial charge on any atom is -0.378 e. The largest absolute Gasteiger partial charge is 0.378 e. The van der Waals surface area contributed by atoms with Gasteiger partial charge in [-0.1, -0.05) is 44.5 Å². The van der Waals surface area contributed by atoms with Crippen LogP contribution in [0, 0.1) is 0 Å². The molecule has 2 heteroatoms. The third-order valence-electron chi connectivity index (χ3n) is 4.33. The van der Waals surface area contributed by atoms with E-state index in [-0.39, 0.29) is 0 Å². The number of nitrogens with one attached hydrogen (secondary N) is 1. The second-order valence-corrected chi connectivity index (χ2v) is 6.21. The number of ether oxygens (including phenoxy) is 1. The summed E-state index contributed by atoms with van der Waals surface area (Å²) in [6.07, 6.45) is 8.92. The first-order valence-corrected chi connectivity index (χ1v) is 8.77. The van der Waals surface area contributed by atoms with E-state index in [1.54, 1.807) is 0 Å². The van der Waals surface area contributed by atoms with Gasteiger partial charge in [-0.25, -0.2) is 0 Å². The fraction of sp³-hybridized carbons (Fsp3) is 0.684. The Bertz CT molecular complexity index is 398. The van der Waals surface area contributed by atoms with Crippen molar-refractivity contribution >= 4 is 0 Å².